The van der Waals surface area contributed by atoms with Crippen LogP contribution in [0, 0.1) is 0 Å². The predicted octanol–water partition coefficient (Wildman–Crippen LogP) is 2.57. The molecule has 2 aromatic carbocycles. The Hall–Kier alpha value is -2.53. The minimum absolute atomic E-state index is 0.0886. The van der Waals surface area contributed by atoms with Crippen LogP contribution in [0.2, 0.25) is 5.02 Å². The van der Waals surface area contributed by atoms with E-state index in [1.807, 2.05) is 0 Å². The van der Waals surface area contributed by atoms with E-state index in [0.717, 1.165) is 0 Å². The molecule has 0 atom stereocenters. The van der Waals surface area contributed by atoms with Crippen LogP contribution in [0.25, 0.3) is 0 Å². The third-order valence-corrected chi connectivity index (χ3v) is 2.73. The Bertz CT molecular complexity index is 659. The standard InChI is InChI=1S/C15H13ClN2O3/c16-12-5-3-6-13(8-12)21-10-15(20)18-17-9-11-4-1-2-7-14(11)19/h1-9,19H,10H2,(H,18,20)/b17-9-. The number of amides is 1. The molecule has 2 N–H and O–H groups in total. The Balaban J connectivity index is 1.81. The Morgan fingerprint density at radius 2 is 2.10 bits per heavy atom. The van der Waals surface area contributed by atoms with Crippen LogP contribution in [-0.4, -0.2) is 23.8 Å². The van der Waals surface area contributed by atoms with Crippen LogP contribution < -0.4 is 10.2 Å². The summed E-state index contributed by atoms with van der Waals surface area (Å²) in [6.07, 6.45) is 1.35. The van der Waals surface area contributed by atoms with Crippen molar-refractivity contribution in [3.05, 3.63) is 59.1 Å². The molecule has 0 aliphatic carbocycles. The smallest absolute Gasteiger partial charge is 0.277 e. The molecule has 5 nitrogen and oxygen atoms in total. The van der Waals surface area contributed by atoms with Crippen molar-refractivity contribution < 1.29 is 14.6 Å². The van der Waals surface area contributed by atoms with Crippen molar-refractivity contribution in [2.45, 2.75) is 0 Å². The fraction of sp³-hybridized carbons (Fsp3) is 0.0667. The van der Waals surface area contributed by atoms with Crippen LogP contribution in [0.15, 0.2) is 53.6 Å². The predicted molar refractivity (Wildman–Crippen MR) is 80.8 cm³/mol. The molecule has 1 amide bonds. The third-order valence-electron chi connectivity index (χ3n) is 2.50. The van der Waals surface area contributed by atoms with Crippen LogP contribution in [0.4, 0.5) is 0 Å². The molecule has 0 radical (unpaired) electrons. The van der Waals surface area contributed by atoms with Gasteiger partial charge in [0, 0.05) is 10.6 Å². The highest BCUT2D eigenvalue weighted by atomic mass is 35.5. The monoisotopic (exact) mass is 304 g/mol. The summed E-state index contributed by atoms with van der Waals surface area (Å²) in [7, 11) is 0. The van der Waals surface area contributed by atoms with Gasteiger partial charge in [-0.2, -0.15) is 5.10 Å². The first-order valence-electron chi connectivity index (χ1n) is 6.13. The lowest BCUT2D eigenvalue weighted by molar-refractivity contribution is -0.123. The number of nitrogens with one attached hydrogen (secondary N) is 1. The summed E-state index contributed by atoms with van der Waals surface area (Å²) in [5, 5.41) is 13.8. The van der Waals surface area contributed by atoms with Crippen molar-refractivity contribution in [1.82, 2.24) is 5.43 Å². The fourth-order valence-corrected chi connectivity index (χ4v) is 1.69. The van der Waals surface area contributed by atoms with Crippen LogP contribution in [0.5, 0.6) is 11.5 Å². The number of nitrogens with zero attached hydrogens (tertiary/aromatic N) is 1. The zero-order valence-electron chi connectivity index (χ0n) is 11.0. The number of aromatic hydroxyl groups is 1. The second-order valence-electron chi connectivity index (χ2n) is 4.10. The lowest BCUT2D eigenvalue weighted by Crippen LogP contribution is -2.24. The number of benzene rings is 2. The highest BCUT2D eigenvalue weighted by molar-refractivity contribution is 6.30. The Kier molecular flexibility index (Phi) is 5.17. The van der Waals surface area contributed by atoms with Gasteiger partial charge in [0.2, 0.25) is 0 Å². The minimum atomic E-state index is -0.415. The van der Waals surface area contributed by atoms with Crippen molar-refractivity contribution >= 4 is 23.7 Å². The molecule has 0 unspecified atom stereocenters. The number of halogens is 1. The molecule has 0 saturated heterocycles. The number of hydrazone groups is 1. The number of hydrogen-bond acceptors (Lipinski definition) is 4. The summed E-state index contributed by atoms with van der Waals surface area (Å²) in [5.74, 6) is 0.176. The van der Waals surface area contributed by atoms with Crippen molar-refractivity contribution in [2.24, 2.45) is 5.10 Å². The Morgan fingerprint density at radius 3 is 2.86 bits per heavy atom. The molecule has 0 aliphatic rings. The molecular formula is C15H13ClN2O3. The minimum Gasteiger partial charge on any atom is -0.507 e. The van der Waals surface area contributed by atoms with E-state index in [0.29, 0.717) is 16.3 Å². The van der Waals surface area contributed by atoms with E-state index in [9.17, 15) is 9.90 Å². The van der Waals surface area contributed by atoms with E-state index >= 15 is 0 Å². The zero-order chi connectivity index (χ0) is 15.1. The van der Waals surface area contributed by atoms with Crippen LogP contribution >= 0.6 is 11.6 Å². The number of carbonyl (C=O) groups excluding carboxylic acids is 1. The van der Waals surface area contributed by atoms with Gasteiger partial charge in [-0.3, -0.25) is 4.79 Å². The summed E-state index contributed by atoms with van der Waals surface area (Å²) in [6.45, 7) is -0.182. The van der Waals surface area contributed by atoms with E-state index < -0.39 is 5.91 Å². The molecule has 2 rings (SSSR count). The van der Waals surface area contributed by atoms with Gasteiger partial charge in [-0.05, 0) is 30.3 Å². The van der Waals surface area contributed by atoms with E-state index in [4.69, 9.17) is 16.3 Å². The van der Waals surface area contributed by atoms with Crippen LogP contribution in [0.1, 0.15) is 5.56 Å². The maximum absolute atomic E-state index is 11.5. The number of carbonyl (C=O) groups is 1. The first-order chi connectivity index (χ1) is 10.1. The van der Waals surface area contributed by atoms with Crippen LogP contribution in [0.3, 0.4) is 0 Å². The molecule has 0 heterocycles. The summed E-state index contributed by atoms with van der Waals surface area (Å²) in [6, 6.07) is 13.4. The summed E-state index contributed by atoms with van der Waals surface area (Å²) in [4.78, 5) is 11.5. The van der Waals surface area contributed by atoms with Crippen molar-refractivity contribution in [2.75, 3.05) is 6.61 Å². The van der Waals surface area contributed by atoms with Crippen LogP contribution in [-0.2, 0) is 4.79 Å². The second-order valence-corrected chi connectivity index (χ2v) is 4.53. The highest BCUT2D eigenvalue weighted by Crippen LogP contribution is 2.16. The van der Waals surface area contributed by atoms with E-state index in [1.165, 1.54) is 12.3 Å². The number of ether oxygens (including phenoxy) is 1. The maximum atomic E-state index is 11.5. The Labute approximate surface area is 126 Å². The highest BCUT2D eigenvalue weighted by Gasteiger charge is 2.02. The summed E-state index contributed by atoms with van der Waals surface area (Å²) >= 11 is 5.80. The van der Waals surface area contributed by atoms with Gasteiger partial charge in [-0.1, -0.05) is 29.8 Å². The molecule has 108 valence electrons. The zero-order valence-corrected chi connectivity index (χ0v) is 11.7. The lowest BCUT2D eigenvalue weighted by Gasteiger charge is -2.05. The first-order valence-corrected chi connectivity index (χ1v) is 6.51. The molecule has 0 aromatic heterocycles. The molecular weight excluding hydrogens is 292 g/mol. The van der Waals surface area contributed by atoms with Crippen molar-refractivity contribution in [1.29, 1.82) is 0 Å². The van der Waals surface area contributed by atoms with Crippen molar-refractivity contribution in [3.63, 3.8) is 0 Å². The summed E-state index contributed by atoms with van der Waals surface area (Å²) in [5.41, 5.74) is 2.81. The molecule has 0 fully saturated rings. The fourth-order valence-electron chi connectivity index (χ4n) is 1.51. The number of hydrogen-bond donors (Lipinski definition) is 2. The van der Waals surface area contributed by atoms with Gasteiger partial charge >= 0.3 is 0 Å². The normalized spacial score (nSPS) is 10.5. The number of phenolic OH excluding ortho intramolecular Hbond substituents is 1. The molecule has 0 bridgehead atoms. The molecule has 21 heavy (non-hydrogen) atoms. The quantitative estimate of drug-likeness (QED) is 0.659. The van der Waals surface area contributed by atoms with Gasteiger partial charge < -0.3 is 9.84 Å². The molecule has 0 spiro atoms. The van der Waals surface area contributed by atoms with Gasteiger partial charge in [-0.25, -0.2) is 5.43 Å². The maximum Gasteiger partial charge on any atom is 0.277 e. The van der Waals surface area contributed by atoms with Gasteiger partial charge in [-0.15, -0.1) is 0 Å². The average molecular weight is 305 g/mol. The van der Waals surface area contributed by atoms with E-state index in [-0.39, 0.29) is 12.4 Å². The SMILES string of the molecule is O=C(COc1cccc(Cl)c1)N/N=C\c1ccccc1O. The van der Waals surface area contributed by atoms with Gasteiger partial charge in [0.15, 0.2) is 6.61 Å². The van der Waals surface area contributed by atoms with Gasteiger partial charge in [0.1, 0.15) is 11.5 Å². The number of rotatable bonds is 5. The van der Waals surface area contributed by atoms with Gasteiger partial charge in [0.25, 0.3) is 5.91 Å². The lowest BCUT2D eigenvalue weighted by atomic mass is 10.2. The Morgan fingerprint density at radius 1 is 1.29 bits per heavy atom. The summed E-state index contributed by atoms with van der Waals surface area (Å²) < 4.78 is 5.26. The van der Waals surface area contributed by atoms with Gasteiger partial charge in [0.05, 0.1) is 6.21 Å². The van der Waals surface area contributed by atoms with E-state index in [2.05, 4.69) is 10.5 Å². The first kappa shape index (κ1) is 14.9. The average Bonchev–Trinajstić information content (AvgIpc) is 2.47. The number of phenols is 1. The van der Waals surface area contributed by atoms with Crippen molar-refractivity contribution in [3.8, 4) is 11.5 Å². The third kappa shape index (κ3) is 4.81. The van der Waals surface area contributed by atoms with E-state index in [1.54, 1.807) is 42.5 Å². The molecule has 0 saturated carbocycles. The second kappa shape index (κ2) is 7.31. The largest absolute Gasteiger partial charge is 0.507 e. The topological polar surface area (TPSA) is 70.9 Å². The molecule has 2 aromatic rings. The molecule has 0 aliphatic heterocycles. The molecule has 6 heteroatoms. The number of para-hydroxylation sites is 1.